The summed E-state index contributed by atoms with van der Waals surface area (Å²) in [4.78, 5) is 26.0. The number of aromatic carboxylic acids is 1. The number of carbonyl (C=O) groups excluding carboxylic acids is 1. The second-order valence-corrected chi connectivity index (χ2v) is 4.90. The predicted octanol–water partition coefficient (Wildman–Crippen LogP) is 1.98. The molecule has 5 nitrogen and oxygen atoms in total. The van der Waals surface area contributed by atoms with E-state index in [0.717, 1.165) is 0 Å². The van der Waals surface area contributed by atoms with Gasteiger partial charge < -0.3 is 9.84 Å². The zero-order chi connectivity index (χ0) is 13.1. The number of ether oxygens (including phenoxy) is 1. The lowest BCUT2D eigenvalue weighted by Crippen LogP contribution is -2.18. The first kappa shape index (κ1) is 13.2. The summed E-state index contributed by atoms with van der Waals surface area (Å²) in [7, 11) is 0. The number of rotatable bonds is 3. The third-order valence-electron chi connectivity index (χ3n) is 1.86. The topological polar surface area (TPSA) is 76.5 Å². The highest BCUT2D eigenvalue weighted by Crippen LogP contribution is 2.14. The molecular formula is C12H15NO4. The molecule has 92 valence electrons. The van der Waals surface area contributed by atoms with Gasteiger partial charge >= 0.3 is 11.9 Å². The van der Waals surface area contributed by atoms with Crippen LogP contribution in [0.25, 0.3) is 0 Å². The van der Waals surface area contributed by atoms with E-state index in [1.807, 2.05) is 20.8 Å². The van der Waals surface area contributed by atoms with E-state index in [9.17, 15) is 9.59 Å². The van der Waals surface area contributed by atoms with Crippen LogP contribution in [0.15, 0.2) is 18.5 Å². The van der Waals surface area contributed by atoms with Crippen molar-refractivity contribution in [2.75, 3.05) is 6.61 Å². The number of aromatic nitrogens is 1. The molecule has 0 amide bonds. The van der Waals surface area contributed by atoms with Gasteiger partial charge in [-0.2, -0.15) is 0 Å². The number of carbonyl (C=O) groups is 2. The van der Waals surface area contributed by atoms with Gasteiger partial charge in [0.05, 0.1) is 17.7 Å². The van der Waals surface area contributed by atoms with Crippen LogP contribution in [-0.4, -0.2) is 28.6 Å². The first-order valence-electron chi connectivity index (χ1n) is 5.15. The van der Waals surface area contributed by atoms with Crippen LogP contribution in [0.1, 0.15) is 41.5 Å². The smallest absolute Gasteiger partial charge is 0.339 e. The molecule has 0 radical (unpaired) electrons. The number of carboxylic acids is 1. The number of esters is 1. The number of carboxylic acid groups (broad SMARTS) is 1. The summed E-state index contributed by atoms with van der Waals surface area (Å²) in [6, 6.07) is 1.25. The van der Waals surface area contributed by atoms with Crippen molar-refractivity contribution >= 4 is 11.9 Å². The van der Waals surface area contributed by atoms with Crippen LogP contribution in [0.3, 0.4) is 0 Å². The van der Waals surface area contributed by atoms with Gasteiger partial charge in [-0.1, -0.05) is 20.8 Å². The van der Waals surface area contributed by atoms with E-state index in [-0.39, 0.29) is 23.1 Å². The Bertz CT molecular complexity index is 434. The fourth-order valence-corrected chi connectivity index (χ4v) is 1.03. The van der Waals surface area contributed by atoms with Crippen molar-refractivity contribution in [1.29, 1.82) is 0 Å². The number of pyridine rings is 1. The minimum atomic E-state index is -1.12. The Morgan fingerprint density at radius 2 is 1.88 bits per heavy atom. The number of hydrogen-bond acceptors (Lipinski definition) is 4. The molecule has 17 heavy (non-hydrogen) atoms. The van der Waals surface area contributed by atoms with E-state index in [2.05, 4.69) is 4.98 Å². The Labute approximate surface area is 99.4 Å². The molecule has 0 aromatic carbocycles. The minimum absolute atomic E-state index is 0.0322. The van der Waals surface area contributed by atoms with Gasteiger partial charge in [0.1, 0.15) is 0 Å². The molecule has 0 aliphatic carbocycles. The molecule has 0 saturated carbocycles. The Balaban J connectivity index is 2.76. The lowest BCUT2D eigenvalue weighted by atomic mass is 9.99. The SMILES string of the molecule is CC(C)(C)COC(=O)c1cncc(C(=O)O)c1. The minimum Gasteiger partial charge on any atom is -0.478 e. The van der Waals surface area contributed by atoms with Gasteiger partial charge in [-0.05, 0) is 11.5 Å². The van der Waals surface area contributed by atoms with E-state index < -0.39 is 11.9 Å². The molecule has 0 saturated heterocycles. The largest absolute Gasteiger partial charge is 0.478 e. The van der Waals surface area contributed by atoms with Crippen LogP contribution >= 0.6 is 0 Å². The Morgan fingerprint density at radius 3 is 2.41 bits per heavy atom. The molecule has 1 rings (SSSR count). The van der Waals surface area contributed by atoms with Gasteiger partial charge in [0, 0.05) is 12.4 Å². The molecule has 0 unspecified atom stereocenters. The normalized spacial score (nSPS) is 11.0. The van der Waals surface area contributed by atoms with Crippen molar-refractivity contribution in [3.8, 4) is 0 Å². The Kier molecular flexibility index (Phi) is 3.83. The summed E-state index contributed by atoms with van der Waals surface area (Å²) in [6.45, 7) is 6.08. The van der Waals surface area contributed by atoms with Crippen molar-refractivity contribution < 1.29 is 19.4 Å². The Hall–Kier alpha value is -1.91. The fraction of sp³-hybridized carbons (Fsp3) is 0.417. The third-order valence-corrected chi connectivity index (χ3v) is 1.86. The molecular weight excluding hydrogens is 222 g/mol. The van der Waals surface area contributed by atoms with E-state index in [1.165, 1.54) is 18.5 Å². The summed E-state index contributed by atoms with van der Waals surface area (Å²) in [6.07, 6.45) is 2.47. The average molecular weight is 237 g/mol. The molecule has 1 aromatic rings. The molecule has 5 heteroatoms. The lowest BCUT2D eigenvalue weighted by Gasteiger charge is -2.17. The van der Waals surface area contributed by atoms with E-state index in [1.54, 1.807) is 0 Å². The quantitative estimate of drug-likeness (QED) is 0.813. The maximum atomic E-state index is 11.6. The average Bonchev–Trinajstić information content (AvgIpc) is 2.25. The molecule has 0 aliphatic heterocycles. The first-order chi connectivity index (χ1) is 7.79. The van der Waals surface area contributed by atoms with E-state index in [4.69, 9.17) is 9.84 Å². The van der Waals surface area contributed by atoms with Crippen LogP contribution in [0.5, 0.6) is 0 Å². The van der Waals surface area contributed by atoms with Crippen molar-refractivity contribution in [1.82, 2.24) is 4.98 Å². The summed E-state index contributed by atoms with van der Waals surface area (Å²) in [5.41, 5.74) is -0.0163. The third kappa shape index (κ3) is 4.22. The maximum Gasteiger partial charge on any atom is 0.339 e. The first-order valence-corrected chi connectivity index (χ1v) is 5.15. The second-order valence-electron chi connectivity index (χ2n) is 4.90. The number of hydrogen-bond donors (Lipinski definition) is 1. The summed E-state index contributed by atoms with van der Waals surface area (Å²) in [5, 5.41) is 8.76. The number of nitrogens with zero attached hydrogens (tertiary/aromatic N) is 1. The van der Waals surface area contributed by atoms with Crippen LogP contribution in [0.2, 0.25) is 0 Å². The van der Waals surface area contributed by atoms with Crippen molar-refractivity contribution in [3.63, 3.8) is 0 Å². The fourth-order valence-electron chi connectivity index (χ4n) is 1.03. The molecule has 0 atom stereocenters. The second kappa shape index (κ2) is 4.95. The standard InChI is InChI=1S/C12H15NO4/c1-12(2,3)7-17-11(16)9-4-8(10(14)15)5-13-6-9/h4-6H,7H2,1-3H3,(H,14,15). The van der Waals surface area contributed by atoms with Crippen LogP contribution in [-0.2, 0) is 4.74 Å². The molecule has 1 N–H and O–H groups in total. The Morgan fingerprint density at radius 1 is 1.29 bits per heavy atom. The highest BCUT2D eigenvalue weighted by molar-refractivity contribution is 5.93. The summed E-state index contributed by atoms with van der Waals surface area (Å²) in [5.74, 6) is -1.68. The molecule has 1 aromatic heterocycles. The predicted molar refractivity (Wildman–Crippen MR) is 60.9 cm³/mol. The van der Waals surface area contributed by atoms with Gasteiger partial charge in [-0.25, -0.2) is 9.59 Å². The summed E-state index contributed by atoms with van der Waals surface area (Å²) >= 11 is 0. The van der Waals surface area contributed by atoms with Gasteiger partial charge in [0.2, 0.25) is 0 Å². The molecule has 1 heterocycles. The monoisotopic (exact) mass is 237 g/mol. The van der Waals surface area contributed by atoms with Crippen molar-refractivity contribution in [2.24, 2.45) is 5.41 Å². The van der Waals surface area contributed by atoms with Gasteiger partial charge in [0.15, 0.2) is 0 Å². The molecule has 0 spiro atoms. The van der Waals surface area contributed by atoms with E-state index >= 15 is 0 Å². The van der Waals surface area contributed by atoms with Crippen LogP contribution in [0.4, 0.5) is 0 Å². The van der Waals surface area contributed by atoms with Gasteiger partial charge in [0.25, 0.3) is 0 Å². The zero-order valence-corrected chi connectivity index (χ0v) is 10.1. The highest BCUT2D eigenvalue weighted by atomic mass is 16.5. The summed E-state index contributed by atoms with van der Waals surface area (Å²) < 4.78 is 5.06. The van der Waals surface area contributed by atoms with Crippen LogP contribution < -0.4 is 0 Å². The van der Waals surface area contributed by atoms with Crippen molar-refractivity contribution in [3.05, 3.63) is 29.6 Å². The van der Waals surface area contributed by atoms with Gasteiger partial charge in [-0.3, -0.25) is 4.98 Å². The molecule has 0 fully saturated rings. The highest BCUT2D eigenvalue weighted by Gasteiger charge is 2.16. The molecule has 0 aliphatic rings. The van der Waals surface area contributed by atoms with Gasteiger partial charge in [-0.15, -0.1) is 0 Å². The lowest BCUT2D eigenvalue weighted by molar-refractivity contribution is 0.0366. The van der Waals surface area contributed by atoms with E-state index in [0.29, 0.717) is 0 Å². The van der Waals surface area contributed by atoms with Crippen molar-refractivity contribution in [2.45, 2.75) is 20.8 Å². The van der Waals surface area contributed by atoms with Crippen LogP contribution in [0, 0.1) is 5.41 Å². The maximum absolute atomic E-state index is 11.6. The zero-order valence-electron chi connectivity index (χ0n) is 10.1. The molecule has 0 bridgehead atoms.